The van der Waals surface area contributed by atoms with Crippen LogP contribution in [0, 0.1) is 5.92 Å². The molecule has 0 bridgehead atoms. The summed E-state index contributed by atoms with van der Waals surface area (Å²) in [6.45, 7) is 8.10. The maximum Gasteiger partial charge on any atom is 0.258 e. The van der Waals surface area contributed by atoms with E-state index in [0.29, 0.717) is 41.6 Å². The van der Waals surface area contributed by atoms with Crippen LogP contribution in [0.25, 0.3) is 10.9 Å². The van der Waals surface area contributed by atoms with Crippen molar-refractivity contribution in [3.8, 4) is 0 Å². The molecule has 0 spiro atoms. The zero-order valence-electron chi connectivity index (χ0n) is 14.8. The minimum Gasteiger partial charge on any atom is -0.338 e. The lowest BCUT2D eigenvalue weighted by atomic mass is 10.1. The van der Waals surface area contributed by atoms with Gasteiger partial charge < -0.3 is 9.51 Å². The van der Waals surface area contributed by atoms with Crippen LogP contribution in [0.5, 0.6) is 0 Å². The summed E-state index contributed by atoms with van der Waals surface area (Å²) < 4.78 is 5.33. The van der Waals surface area contributed by atoms with Crippen molar-refractivity contribution in [3.63, 3.8) is 0 Å². The van der Waals surface area contributed by atoms with Crippen LogP contribution in [0.4, 0.5) is 0 Å². The average Bonchev–Trinajstić information content (AvgIpc) is 3.00. The summed E-state index contributed by atoms with van der Waals surface area (Å²) in [5.41, 5.74) is 0.586. The van der Waals surface area contributed by atoms with Crippen molar-refractivity contribution in [2.75, 3.05) is 6.54 Å². The van der Waals surface area contributed by atoms with E-state index in [0.717, 1.165) is 18.8 Å². The Hall–Kier alpha value is -2.54. The molecule has 7 heteroatoms. The maximum atomic E-state index is 12.2. The second-order valence-electron chi connectivity index (χ2n) is 6.54. The van der Waals surface area contributed by atoms with Gasteiger partial charge in [-0.05, 0) is 24.6 Å². The maximum absolute atomic E-state index is 12.2. The minimum absolute atomic E-state index is 0.117. The van der Waals surface area contributed by atoms with E-state index in [-0.39, 0.29) is 5.56 Å². The van der Waals surface area contributed by atoms with Crippen LogP contribution < -0.4 is 5.56 Å². The van der Waals surface area contributed by atoms with Gasteiger partial charge in [0.05, 0.1) is 24.0 Å². The van der Waals surface area contributed by atoms with Crippen molar-refractivity contribution in [2.24, 2.45) is 5.92 Å². The summed E-state index contributed by atoms with van der Waals surface area (Å²) in [6.07, 6.45) is 0.801. The molecule has 3 rings (SSSR count). The van der Waals surface area contributed by atoms with Crippen LogP contribution in [-0.2, 0) is 19.5 Å². The first-order valence-corrected chi connectivity index (χ1v) is 8.57. The molecule has 0 unspecified atom stereocenters. The third-order valence-electron chi connectivity index (χ3n) is 3.94. The number of H-pyrrole nitrogens is 1. The summed E-state index contributed by atoms with van der Waals surface area (Å²) >= 11 is 0. The molecule has 3 aromatic rings. The molecule has 0 aliphatic rings. The molecule has 1 aromatic carbocycles. The van der Waals surface area contributed by atoms with Gasteiger partial charge in [-0.2, -0.15) is 4.98 Å². The fourth-order valence-corrected chi connectivity index (χ4v) is 2.69. The van der Waals surface area contributed by atoms with Gasteiger partial charge in [-0.1, -0.05) is 38.1 Å². The Kier molecular flexibility index (Phi) is 5.23. The SMILES string of the molecule is CCN(Cc1nc2ccccc2c(=O)[nH]1)Cc1nc(CC(C)C)no1. The van der Waals surface area contributed by atoms with Gasteiger partial charge in [-0.25, -0.2) is 4.98 Å². The van der Waals surface area contributed by atoms with Gasteiger partial charge in [0.1, 0.15) is 5.82 Å². The van der Waals surface area contributed by atoms with E-state index in [1.807, 2.05) is 25.1 Å². The van der Waals surface area contributed by atoms with Crippen molar-refractivity contribution < 1.29 is 4.52 Å². The van der Waals surface area contributed by atoms with E-state index >= 15 is 0 Å². The van der Waals surface area contributed by atoms with Crippen LogP contribution in [0.15, 0.2) is 33.6 Å². The highest BCUT2D eigenvalue weighted by molar-refractivity contribution is 5.77. The highest BCUT2D eigenvalue weighted by Crippen LogP contribution is 2.10. The Labute approximate surface area is 146 Å². The van der Waals surface area contributed by atoms with Crippen molar-refractivity contribution in [1.82, 2.24) is 25.0 Å². The molecule has 0 aliphatic heterocycles. The van der Waals surface area contributed by atoms with E-state index < -0.39 is 0 Å². The Bertz CT molecular complexity index is 900. The highest BCUT2D eigenvalue weighted by atomic mass is 16.5. The van der Waals surface area contributed by atoms with Crippen molar-refractivity contribution in [3.05, 3.63) is 52.2 Å². The number of para-hydroxylation sites is 1. The highest BCUT2D eigenvalue weighted by Gasteiger charge is 2.14. The number of hydrogen-bond donors (Lipinski definition) is 1. The van der Waals surface area contributed by atoms with Gasteiger partial charge in [0.15, 0.2) is 5.82 Å². The number of hydrogen-bond acceptors (Lipinski definition) is 6. The molecule has 0 saturated carbocycles. The Balaban J connectivity index is 1.74. The van der Waals surface area contributed by atoms with Crippen LogP contribution in [0.3, 0.4) is 0 Å². The van der Waals surface area contributed by atoms with Gasteiger partial charge in [0, 0.05) is 6.42 Å². The van der Waals surface area contributed by atoms with Crippen molar-refractivity contribution in [1.29, 1.82) is 0 Å². The van der Waals surface area contributed by atoms with Crippen molar-refractivity contribution in [2.45, 2.75) is 40.3 Å². The number of aromatic amines is 1. The predicted octanol–water partition coefficient (Wildman–Crippen LogP) is 2.53. The normalized spacial score (nSPS) is 11.7. The fraction of sp³-hybridized carbons (Fsp3) is 0.444. The third kappa shape index (κ3) is 4.30. The second-order valence-corrected chi connectivity index (χ2v) is 6.54. The molecule has 0 amide bonds. The van der Waals surface area contributed by atoms with E-state index in [4.69, 9.17) is 4.52 Å². The number of aromatic nitrogens is 4. The van der Waals surface area contributed by atoms with Crippen LogP contribution in [0.2, 0.25) is 0 Å². The molecule has 0 atom stereocenters. The number of rotatable bonds is 7. The monoisotopic (exact) mass is 341 g/mol. The summed E-state index contributed by atoms with van der Waals surface area (Å²) in [4.78, 5) is 26.1. The first-order valence-electron chi connectivity index (χ1n) is 8.57. The van der Waals surface area contributed by atoms with E-state index in [1.165, 1.54) is 0 Å². The van der Waals surface area contributed by atoms with Gasteiger partial charge in [0.25, 0.3) is 5.56 Å². The molecular formula is C18H23N5O2. The number of benzene rings is 1. The van der Waals surface area contributed by atoms with Gasteiger partial charge in [-0.3, -0.25) is 9.69 Å². The van der Waals surface area contributed by atoms with Gasteiger partial charge in [0.2, 0.25) is 5.89 Å². The molecule has 2 heterocycles. The van der Waals surface area contributed by atoms with Gasteiger partial charge >= 0.3 is 0 Å². The average molecular weight is 341 g/mol. The predicted molar refractivity (Wildman–Crippen MR) is 95.0 cm³/mol. The topological polar surface area (TPSA) is 87.9 Å². The fourth-order valence-electron chi connectivity index (χ4n) is 2.69. The minimum atomic E-state index is -0.117. The molecule has 0 saturated heterocycles. The second kappa shape index (κ2) is 7.57. The van der Waals surface area contributed by atoms with Crippen LogP contribution >= 0.6 is 0 Å². The molecular weight excluding hydrogens is 318 g/mol. The number of nitrogens with one attached hydrogen (secondary N) is 1. The van der Waals surface area contributed by atoms with Gasteiger partial charge in [-0.15, -0.1) is 0 Å². The van der Waals surface area contributed by atoms with Crippen LogP contribution in [0.1, 0.15) is 38.3 Å². The molecule has 132 valence electrons. The van der Waals surface area contributed by atoms with Crippen molar-refractivity contribution >= 4 is 10.9 Å². The number of nitrogens with zero attached hydrogens (tertiary/aromatic N) is 4. The quantitative estimate of drug-likeness (QED) is 0.710. The first-order chi connectivity index (χ1) is 12.0. The lowest BCUT2D eigenvalue weighted by Gasteiger charge is -2.17. The van der Waals surface area contributed by atoms with E-state index in [9.17, 15) is 4.79 Å². The third-order valence-corrected chi connectivity index (χ3v) is 3.94. The molecule has 0 radical (unpaired) electrons. The first kappa shape index (κ1) is 17.3. The Morgan fingerprint density at radius 1 is 1.20 bits per heavy atom. The molecule has 7 nitrogen and oxygen atoms in total. The largest absolute Gasteiger partial charge is 0.338 e. The molecule has 0 fully saturated rings. The summed E-state index contributed by atoms with van der Waals surface area (Å²) in [6, 6.07) is 7.34. The summed E-state index contributed by atoms with van der Waals surface area (Å²) in [7, 11) is 0. The summed E-state index contributed by atoms with van der Waals surface area (Å²) in [5, 5.41) is 4.62. The smallest absolute Gasteiger partial charge is 0.258 e. The molecule has 0 aliphatic carbocycles. The zero-order valence-corrected chi connectivity index (χ0v) is 14.8. The number of fused-ring (bicyclic) bond motifs is 1. The lowest BCUT2D eigenvalue weighted by molar-refractivity contribution is 0.224. The summed E-state index contributed by atoms with van der Waals surface area (Å²) in [5.74, 6) is 2.44. The molecule has 1 N–H and O–H groups in total. The lowest BCUT2D eigenvalue weighted by Crippen LogP contribution is -2.25. The zero-order chi connectivity index (χ0) is 17.8. The Morgan fingerprint density at radius 2 is 2.00 bits per heavy atom. The van der Waals surface area contributed by atoms with Crippen LogP contribution in [-0.4, -0.2) is 31.6 Å². The standard InChI is InChI=1S/C18H23N5O2/c1-4-23(11-17-20-15(22-25-17)9-12(2)3)10-16-19-14-8-6-5-7-13(14)18(24)21-16/h5-8,12H,4,9-11H2,1-3H3,(H,19,21,24). The Morgan fingerprint density at radius 3 is 2.76 bits per heavy atom. The molecule has 2 aromatic heterocycles. The molecule has 25 heavy (non-hydrogen) atoms. The van der Waals surface area contributed by atoms with E-state index in [2.05, 4.69) is 38.9 Å². The van der Waals surface area contributed by atoms with E-state index in [1.54, 1.807) is 6.07 Å².